The number of hydrogen-bond acceptors (Lipinski definition) is 5. The third-order valence-electron chi connectivity index (χ3n) is 2.70. The van der Waals surface area contributed by atoms with E-state index in [0.717, 1.165) is 12.1 Å². The number of nitrogens with zero attached hydrogens (tertiary/aromatic N) is 3. The van der Waals surface area contributed by atoms with Gasteiger partial charge in [0.15, 0.2) is 12.4 Å². The molecule has 118 valence electrons. The second kappa shape index (κ2) is 6.97. The maximum atomic E-state index is 13.7. The molecule has 0 atom stereocenters. The highest BCUT2D eigenvalue weighted by molar-refractivity contribution is 5.71. The van der Waals surface area contributed by atoms with E-state index in [-0.39, 0.29) is 24.0 Å². The molecule has 0 aliphatic carbocycles. The van der Waals surface area contributed by atoms with Crippen molar-refractivity contribution < 1.29 is 23.0 Å². The van der Waals surface area contributed by atoms with Gasteiger partial charge in [-0.1, -0.05) is 6.92 Å². The second-order valence-corrected chi connectivity index (χ2v) is 4.47. The van der Waals surface area contributed by atoms with Crippen molar-refractivity contribution in [2.24, 2.45) is 7.05 Å². The zero-order valence-electron chi connectivity index (χ0n) is 12.2. The van der Waals surface area contributed by atoms with Gasteiger partial charge in [0.05, 0.1) is 12.2 Å². The molecule has 2 rings (SSSR count). The summed E-state index contributed by atoms with van der Waals surface area (Å²) in [6, 6.07) is 3.05. The van der Waals surface area contributed by atoms with E-state index in [1.165, 1.54) is 17.8 Å². The summed E-state index contributed by atoms with van der Waals surface area (Å²) < 4.78 is 37.9. The lowest BCUT2D eigenvalue weighted by molar-refractivity contribution is -0.146. The van der Waals surface area contributed by atoms with E-state index in [1.54, 1.807) is 0 Å². The minimum Gasteiger partial charge on any atom is -0.463 e. The number of carbonyl (C=O) groups excluding carboxylic acids is 1. The Morgan fingerprint density at radius 2 is 2.14 bits per heavy atom. The SMILES string of the molecule is CCCOC(=O)COc1nc(-c2ccc(F)cc2F)n(C)n1. The highest BCUT2D eigenvalue weighted by Gasteiger charge is 2.16. The minimum absolute atomic E-state index is 0.0832. The van der Waals surface area contributed by atoms with Crippen molar-refractivity contribution in [1.29, 1.82) is 0 Å². The molecule has 1 heterocycles. The van der Waals surface area contributed by atoms with E-state index < -0.39 is 17.6 Å². The fraction of sp³-hybridized carbons (Fsp3) is 0.357. The quantitative estimate of drug-likeness (QED) is 0.764. The number of rotatable bonds is 6. The lowest BCUT2D eigenvalue weighted by atomic mass is 10.2. The summed E-state index contributed by atoms with van der Waals surface area (Å²) in [6.45, 7) is 1.84. The molecule has 22 heavy (non-hydrogen) atoms. The number of ether oxygens (including phenoxy) is 2. The Bertz CT molecular complexity index is 673. The molecular formula is C14H15F2N3O3. The molecule has 1 aromatic heterocycles. The van der Waals surface area contributed by atoms with Crippen molar-refractivity contribution in [1.82, 2.24) is 14.8 Å². The predicted octanol–water partition coefficient (Wildman–Crippen LogP) is 2.09. The van der Waals surface area contributed by atoms with Crippen LogP contribution in [0.5, 0.6) is 6.01 Å². The maximum Gasteiger partial charge on any atom is 0.344 e. The Balaban J connectivity index is 2.09. The van der Waals surface area contributed by atoms with Crippen LogP contribution in [0.1, 0.15) is 13.3 Å². The van der Waals surface area contributed by atoms with Gasteiger partial charge in [-0.05, 0) is 18.6 Å². The van der Waals surface area contributed by atoms with E-state index in [9.17, 15) is 13.6 Å². The highest BCUT2D eigenvalue weighted by atomic mass is 19.1. The van der Waals surface area contributed by atoms with Crippen LogP contribution in [0.25, 0.3) is 11.4 Å². The van der Waals surface area contributed by atoms with Crippen LogP contribution in [0.2, 0.25) is 0 Å². The third kappa shape index (κ3) is 3.78. The molecule has 0 saturated carbocycles. The molecule has 8 heteroatoms. The van der Waals surface area contributed by atoms with Gasteiger partial charge in [-0.15, -0.1) is 5.10 Å². The van der Waals surface area contributed by atoms with E-state index in [2.05, 4.69) is 10.1 Å². The first-order valence-electron chi connectivity index (χ1n) is 6.66. The molecule has 0 aliphatic heterocycles. The molecule has 0 amide bonds. The molecular weight excluding hydrogens is 296 g/mol. The maximum absolute atomic E-state index is 13.7. The molecule has 0 bridgehead atoms. The predicted molar refractivity (Wildman–Crippen MR) is 73.1 cm³/mol. The van der Waals surface area contributed by atoms with Crippen molar-refractivity contribution in [2.75, 3.05) is 13.2 Å². The zero-order valence-corrected chi connectivity index (χ0v) is 12.2. The van der Waals surface area contributed by atoms with Crippen molar-refractivity contribution in [3.63, 3.8) is 0 Å². The fourth-order valence-electron chi connectivity index (χ4n) is 1.71. The van der Waals surface area contributed by atoms with Crippen LogP contribution in [0, 0.1) is 11.6 Å². The first-order valence-corrected chi connectivity index (χ1v) is 6.66. The van der Waals surface area contributed by atoms with Gasteiger partial charge in [-0.3, -0.25) is 0 Å². The molecule has 1 aromatic carbocycles. The lowest BCUT2D eigenvalue weighted by Gasteiger charge is -2.02. The van der Waals surface area contributed by atoms with Crippen LogP contribution in [0.15, 0.2) is 18.2 Å². The molecule has 0 unspecified atom stereocenters. The highest BCUT2D eigenvalue weighted by Crippen LogP contribution is 2.22. The first-order chi connectivity index (χ1) is 10.5. The Hall–Kier alpha value is -2.51. The summed E-state index contributed by atoms with van der Waals surface area (Å²) in [7, 11) is 1.54. The molecule has 0 fully saturated rings. The molecule has 6 nitrogen and oxygen atoms in total. The fourth-order valence-corrected chi connectivity index (χ4v) is 1.71. The van der Waals surface area contributed by atoms with Crippen LogP contribution in [0.3, 0.4) is 0 Å². The zero-order chi connectivity index (χ0) is 16.1. The van der Waals surface area contributed by atoms with Gasteiger partial charge >= 0.3 is 12.0 Å². The molecule has 0 spiro atoms. The largest absolute Gasteiger partial charge is 0.463 e. The number of esters is 1. The normalized spacial score (nSPS) is 10.5. The van der Waals surface area contributed by atoms with Crippen LogP contribution >= 0.6 is 0 Å². The minimum atomic E-state index is -0.760. The summed E-state index contributed by atoms with van der Waals surface area (Å²) in [4.78, 5) is 15.3. The first kappa shape index (κ1) is 15.9. The lowest BCUT2D eigenvalue weighted by Crippen LogP contribution is -2.15. The second-order valence-electron chi connectivity index (χ2n) is 4.47. The van der Waals surface area contributed by atoms with Gasteiger partial charge in [0.25, 0.3) is 0 Å². The monoisotopic (exact) mass is 311 g/mol. The van der Waals surface area contributed by atoms with Gasteiger partial charge in [0, 0.05) is 13.1 Å². The van der Waals surface area contributed by atoms with Crippen molar-refractivity contribution in [2.45, 2.75) is 13.3 Å². The third-order valence-corrected chi connectivity index (χ3v) is 2.70. The number of benzene rings is 1. The Morgan fingerprint density at radius 1 is 1.36 bits per heavy atom. The number of hydrogen-bond donors (Lipinski definition) is 0. The van der Waals surface area contributed by atoms with Crippen molar-refractivity contribution in [3.8, 4) is 17.4 Å². The van der Waals surface area contributed by atoms with E-state index in [0.29, 0.717) is 13.0 Å². The number of carbonyl (C=O) groups is 1. The summed E-state index contributed by atoms with van der Waals surface area (Å²) in [5, 5.41) is 3.92. The summed E-state index contributed by atoms with van der Waals surface area (Å²) in [5.74, 6) is -1.82. The Labute approximate surface area is 125 Å². The van der Waals surface area contributed by atoms with Crippen LogP contribution < -0.4 is 4.74 Å². The number of aromatic nitrogens is 3. The topological polar surface area (TPSA) is 66.2 Å². The average Bonchev–Trinajstić information content (AvgIpc) is 2.84. The number of halogens is 2. The van der Waals surface area contributed by atoms with Gasteiger partial charge in [-0.2, -0.15) is 4.98 Å². The smallest absolute Gasteiger partial charge is 0.344 e. The van der Waals surface area contributed by atoms with Crippen molar-refractivity contribution in [3.05, 3.63) is 29.8 Å². The van der Waals surface area contributed by atoms with Crippen molar-refractivity contribution >= 4 is 5.97 Å². The molecule has 0 N–H and O–H groups in total. The molecule has 0 saturated heterocycles. The van der Waals surface area contributed by atoms with Gasteiger partial charge in [0.1, 0.15) is 11.6 Å². The average molecular weight is 311 g/mol. The van der Waals surface area contributed by atoms with Gasteiger partial charge in [0.2, 0.25) is 0 Å². The summed E-state index contributed by atoms with van der Waals surface area (Å²) in [5.41, 5.74) is 0.0832. The van der Waals surface area contributed by atoms with Crippen LogP contribution in [-0.4, -0.2) is 33.9 Å². The summed E-state index contributed by atoms with van der Waals surface area (Å²) in [6.07, 6.45) is 0.710. The van der Waals surface area contributed by atoms with Gasteiger partial charge in [-0.25, -0.2) is 18.3 Å². The van der Waals surface area contributed by atoms with E-state index >= 15 is 0 Å². The molecule has 0 aliphatic rings. The van der Waals surface area contributed by atoms with Crippen LogP contribution in [-0.2, 0) is 16.6 Å². The molecule has 2 aromatic rings. The molecule has 0 radical (unpaired) electrons. The summed E-state index contributed by atoms with van der Waals surface area (Å²) >= 11 is 0. The van der Waals surface area contributed by atoms with Crippen LogP contribution in [0.4, 0.5) is 8.78 Å². The van der Waals surface area contributed by atoms with E-state index in [1.807, 2.05) is 6.92 Å². The number of aryl methyl sites for hydroxylation is 1. The Morgan fingerprint density at radius 3 is 2.82 bits per heavy atom. The van der Waals surface area contributed by atoms with E-state index in [4.69, 9.17) is 9.47 Å². The van der Waals surface area contributed by atoms with Gasteiger partial charge < -0.3 is 9.47 Å². The standard InChI is InChI=1S/C14H15F2N3O3/c1-3-6-21-12(20)8-22-14-17-13(19(2)18-14)10-5-4-9(15)7-11(10)16/h4-5,7H,3,6,8H2,1-2H3. The Kier molecular flexibility index (Phi) is 5.03.